The summed E-state index contributed by atoms with van der Waals surface area (Å²) >= 11 is 0. The molecule has 1 aromatic carbocycles. The largest absolute Gasteiger partial charge is 0.494 e. The predicted molar refractivity (Wildman–Crippen MR) is 54.4 cm³/mol. The zero-order valence-electron chi connectivity index (χ0n) is 8.77. The first kappa shape index (κ1) is 10.9. The lowest BCUT2D eigenvalue weighted by Gasteiger charge is -2.10. The summed E-state index contributed by atoms with van der Waals surface area (Å²) in [7, 11) is 1.39. The Balaban J connectivity index is 2.22. The van der Waals surface area contributed by atoms with Crippen LogP contribution in [0.15, 0.2) is 18.2 Å². The predicted octanol–water partition coefficient (Wildman–Crippen LogP) is 1.15. The van der Waals surface area contributed by atoms with Crippen LogP contribution in [-0.4, -0.2) is 19.1 Å². The van der Waals surface area contributed by atoms with Crippen LogP contribution >= 0.6 is 0 Å². The number of benzene rings is 1. The number of methoxy groups -OCH3 is 1. The molecule has 16 heavy (non-hydrogen) atoms. The maximum Gasteiger partial charge on any atom is 0.323 e. The van der Waals surface area contributed by atoms with Crippen molar-refractivity contribution in [2.75, 3.05) is 7.11 Å². The molecule has 0 bridgehead atoms. The van der Waals surface area contributed by atoms with Crippen LogP contribution in [0.1, 0.15) is 18.1 Å². The third-order valence-electron chi connectivity index (χ3n) is 2.58. The molecular formula is C11H12FNO3. The standard InChI is InChI=1S/C11H12FNO3/c1-15-9-3-2-6(4-7(9)12)10-5-8(13)11(14)16-10/h2-4,8,10H,5,13H2,1H3. The molecule has 1 aliphatic rings. The molecule has 0 spiro atoms. The number of esters is 1. The van der Waals surface area contributed by atoms with E-state index in [0.717, 1.165) is 0 Å². The lowest BCUT2D eigenvalue weighted by molar-refractivity contribution is -0.142. The Morgan fingerprint density at radius 1 is 1.56 bits per heavy atom. The lowest BCUT2D eigenvalue weighted by atomic mass is 10.0. The van der Waals surface area contributed by atoms with Gasteiger partial charge in [0.05, 0.1) is 7.11 Å². The fraction of sp³-hybridized carbons (Fsp3) is 0.364. The Bertz CT molecular complexity index is 422. The van der Waals surface area contributed by atoms with E-state index in [1.54, 1.807) is 6.07 Å². The molecule has 2 rings (SSSR count). The van der Waals surface area contributed by atoms with Gasteiger partial charge in [0.25, 0.3) is 0 Å². The van der Waals surface area contributed by atoms with Crippen LogP contribution in [0.3, 0.4) is 0 Å². The van der Waals surface area contributed by atoms with Crippen molar-refractivity contribution in [3.05, 3.63) is 29.6 Å². The van der Waals surface area contributed by atoms with Gasteiger partial charge in [-0.15, -0.1) is 0 Å². The minimum Gasteiger partial charge on any atom is -0.494 e. The van der Waals surface area contributed by atoms with E-state index in [-0.39, 0.29) is 5.75 Å². The summed E-state index contributed by atoms with van der Waals surface area (Å²) in [4.78, 5) is 11.1. The SMILES string of the molecule is COc1ccc(C2CC(N)C(=O)O2)cc1F. The minimum atomic E-state index is -0.616. The number of rotatable bonds is 2. The van der Waals surface area contributed by atoms with Gasteiger partial charge in [-0.25, -0.2) is 4.39 Å². The normalized spacial score (nSPS) is 24.3. The molecule has 0 aliphatic carbocycles. The summed E-state index contributed by atoms with van der Waals surface area (Å²) in [5.74, 6) is -0.755. The Hall–Kier alpha value is -1.62. The number of hydrogen-bond donors (Lipinski definition) is 1. The topological polar surface area (TPSA) is 61.5 Å². The lowest BCUT2D eigenvalue weighted by Crippen LogP contribution is -2.24. The molecule has 0 saturated carbocycles. The third kappa shape index (κ3) is 1.86. The van der Waals surface area contributed by atoms with E-state index >= 15 is 0 Å². The third-order valence-corrected chi connectivity index (χ3v) is 2.58. The summed E-state index contributed by atoms with van der Waals surface area (Å²) in [5.41, 5.74) is 6.10. The van der Waals surface area contributed by atoms with Crippen molar-refractivity contribution in [3.8, 4) is 5.75 Å². The first-order valence-electron chi connectivity index (χ1n) is 4.91. The smallest absolute Gasteiger partial charge is 0.323 e. The Morgan fingerprint density at radius 3 is 2.81 bits per heavy atom. The van der Waals surface area contributed by atoms with E-state index in [0.29, 0.717) is 12.0 Å². The quantitative estimate of drug-likeness (QED) is 0.767. The highest BCUT2D eigenvalue weighted by atomic mass is 19.1. The Kier molecular flexibility index (Phi) is 2.78. The van der Waals surface area contributed by atoms with Gasteiger partial charge >= 0.3 is 5.97 Å². The van der Waals surface area contributed by atoms with Crippen LogP contribution < -0.4 is 10.5 Å². The van der Waals surface area contributed by atoms with Crippen molar-refractivity contribution >= 4 is 5.97 Å². The second-order valence-corrected chi connectivity index (χ2v) is 3.66. The van der Waals surface area contributed by atoms with E-state index in [4.69, 9.17) is 15.2 Å². The van der Waals surface area contributed by atoms with Crippen molar-refractivity contribution in [1.82, 2.24) is 0 Å². The minimum absolute atomic E-state index is 0.164. The number of cyclic esters (lactones) is 1. The summed E-state index contributed by atoms with van der Waals surface area (Å²) in [6.07, 6.45) is -0.0761. The van der Waals surface area contributed by atoms with E-state index in [9.17, 15) is 9.18 Å². The number of nitrogens with two attached hydrogens (primary N) is 1. The molecule has 5 heteroatoms. The van der Waals surface area contributed by atoms with Crippen LogP contribution in [0.2, 0.25) is 0 Å². The van der Waals surface area contributed by atoms with Crippen molar-refractivity contribution in [2.24, 2.45) is 5.73 Å². The van der Waals surface area contributed by atoms with Gasteiger partial charge in [0, 0.05) is 6.42 Å². The van der Waals surface area contributed by atoms with E-state index in [1.165, 1.54) is 19.2 Å². The molecule has 2 unspecified atom stereocenters. The highest BCUT2D eigenvalue weighted by Crippen LogP contribution is 2.31. The molecule has 4 nitrogen and oxygen atoms in total. The summed E-state index contributed by atoms with van der Waals surface area (Å²) in [6.45, 7) is 0. The molecule has 1 aromatic rings. The molecule has 0 radical (unpaired) electrons. The maximum atomic E-state index is 13.4. The van der Waals surface area contributed by atoms with Gasteiger partial charge in [0.1, 0.15) is 12.1 Å². The van der Waals surface area contributed by atoms with Crippen LogP contribution in [0.4, 0.5) is 4.39 Å². The van der Waals surface area contributed by atoms with E-state index in [2.05, 4.69) is 0 Å². The van der Waals surface area contributed by atoms with Crippen LogP contribution in [0, 0.1) is 5.82 Å². The number of carbonyl (C=O) groups excluding carboxylic acids is 1. The van der Waals surface area contributed by atoms with Crippen LogP contribution in [0.5, 0.6) is 5.75 Å². The van der Waals surface area contributed by atoms with Gasteiger partial charge in [-0.3, -0.25) is 4.79 Å². The summed E-state index contributed by atoms with van der Waals surface area (Å²) < 4.78 is 23.2. The van der Waals surface area contributed by atoms with Gasteiger partial charge in [-0.2, -0.15) is 0 Å². The average molecular weight is 225 g/mol. The van der Waals surface area contributed by atoms with E-state index < -0.39 is 23.9 Å². The molecule has 1 fully saturated rings. The second-order valence-electron chi connectivity index (χ2n) is 3.66. The van der Waals surface area contributed by atoms with Crippen molar-refractivity contribution in [3.63, 3.8) is 0 Å². The number of halogens is 1. The molecule has 1 aliphatic heterocycles. The second kappa shape index (κ2) is 4.09. The van der Waals surface area contributed by atoms with Gasteiger partial charge < -0.3 is 15.2 Å². The molecule has 86 valence electrons. The van der Waals surface area contributed by atoms with Crippen molar-refractivity contribution in [1.29, 1.82) is 0 Å². The first-order valence-corrected chi connectivity index (χ1v) is 4.91. The molecule has 0 aromatic heterocycles. The van der Waals surface area contributed by atoms with Gasteiger partial charge in [-0.05, 0) is 17.7 Å². The van der Waals surface area contributed by atoms with Gasteiger partial charge in [-0.1, -0.05) is 6.07 Å². The zero-order chi connectivity index (χ0) is 11.7. The fourth-order valence-corrected chi connectivity index (χ4v) is 1.69. The van der Waals surface area contributed by atoms with Crippen molar-refractivity contribution in [2.45, 2.75) is 18.6 Å². The molecule has 1 heterocycles. The molecular weight excluding hydrogens is 213 g/mol. The molecule has 0 amide bonds. The molecule has 2 N–H and O–H groups in total. The van der Waals surface area contributed by atoms with Gasteiger partial charge in [0.2, 0.25) is 0 Å². The Morgan fingerprint density at radius 2 is 2.31 bits per heavy atom. The maximum absolute atomic E-state index is 13.4. The van der Waals surface area contributed by atoms with Crippen molar-refractivity contribution < 1.29 is 18.7 Å². The number of hydrogen-bond acceptors (Lipinski definition) is 4. The van der Waals surface area contributed by atoms with Gasteiger partial charge in [0.15, 0.2) is 11.6 Å². The highest BCUT2D eigenvalue weighted by molar-refractivity contribution is 5.77. The van der Waals surface area contributed by atoms with Crippen LogP contribution in [0.25, 0.3) is 0 Å². The summed E-state index contributed by atoms with van der Waals surface area (Å²) in [5, 5.41) is 0. The zero-order valence-corrected chi connectivity index (χ0v) is 8.77. The highest BCUT2D eigenvalue weighted by Gasteiger charge is 2.32. The summed E-state index contributed by atoms with van der Waals surface area (Å²) in [6, 6.07) is 3.85. The first-order chi connectivity index (χ1) is 7.61. The Labute approximate surface area is 92.1 Å². The molecule has 2 atom stereocenters. The fourth-order valence-electron chi connectivity index (χ4n) is 1.69. The number of carbonyl (C=O) groups is 1. The number of ether oxygens (including phenoxy) is 2. The average Bonchev–Trinajstić information content (AvgIpc) is 2.59. The monoisotopic (exact) mass is 225 g/mol. The van der Waals surface area contributed by atoms with Crippen LogP contribution in [-0.2, 0) is 9.53 Å². The molecule has 1 saturated heterocycles. The van der Waals surface area contributed by atoms with E-state index in [1.807, 2.05) is 0 Å².